The van der Waals surface area contributed by atoms with Gasteiger partial charge in [-0.25, -0.2) is 4.79 Å². The van der Waals surface area contributed by atoms with Crippen LogP contribution in [0.4, 0.5) is 22.4 Å². The normalized spacial score (nSPS) is 20.5. The van der Waals surface area contributed by atoms with Gasteiger partial charge in [0.2, 0.25) is 0 Å². The van der Waals surface area contributed by atoms with Gasteiger partial charge in [-0.15, -0.1) is 0 Å². The molecule has 2 aliphatic rings. The summed E-state index contributed by atoms with van der Waals surface area (Å²) in [6.07, 6.45) is -4.86. The van der Waals surface area contributed by atoms with Gasteiger partial charge in [0, 0.05) is 6.04 Å². The summed E-state index contributed by atoms with van der Waals surface area (Å²) < 4.78 is 61.0. The summed E-state index contributed by atoms with van der Waals surface area (Å²) in [4.78, 5) is 14.4. The fraction of sp³-hybridized carbons (Fsp3) is 0.348. The first-order chi connectivity index (χ1) is 14.8. The van der Waals surface area contributed by atoms with Gasteiger partial charge < -0.3 is 9.47 Å². The van der Waals surface area contributed by atoms with Crippen molar-refractivity contribution in [3.8, 4) is 5.75 Å². The van der Waals surface area contributed by atoms with Crippen molar-refractivity contribution in [1.82, 2.24) is 4.90 Å². The zero-order valence-electron chi connectivity index (χ0n) is 16.5. The number of hydrogen-bond acceptors (Lipinski definition) is 3. The van der Waals surface area contributed by atoms with Crippen LogP contribution in [0.25, 0.3) is 5.57 Å². The van der Waals surface area contributed by atoms with Gasteiger partial charge in [0.15, 0.2) is 0 Å². The second kappa shape index (κ2) is 8.61. The number of nitrogens with zero attached hydrogens (tertiary/aromatic N) is 1. The van der Waals surface area contributed by atoms with Gasteiger partial charge in [-0.3, -0.25) is 4.90 Å². The standard InChI is InChI=1S/C23H21F4NO3/c24-21(25)23(26,27)31-20-8-4-7-16(13-20)17-11-18-9-10-19(12-17)28(18)22(29)30-14-15-5-2-1-3-6-15/h1-8,11,13,18-19,21H,9-10,12,14H2. The van der Waals surface area contributed by atoms with Crippen LogP contribution < -0.4 is 4.74 Å². The number of amides is 1. The summed E-state index contributed by atoms with van der Waals surface area (Å²) in [6.45, 7) is 0.184. The molecule has 4 rings (SSSR count). The molecule has 4 nitrogen and oxygen atoms in total. The van der Waals surface area contributed by atoms with Crippen molar-refractivity contribution >= 4 is 11.7 Å². The molecule has 2 heterocycles. The Morgan fingerprint density at radius 3 is 2.58 bits per heavy atom. The molecule has 0 aromatic heterocycles. The highest BCUT2D eigenvalue weighted by atomic mass is 19.3. The van der Waals surface area contributed by atoms with Crippen LogP contribution in [-0.4, -0.2) is 35.6 Å². The number of ether oxygens (including phenoxy) is 2. The van der Waals surface area contributed by atoms with E-state index in [9.17, 15) is 22.4 Å². The molecular formula is C23H21F4NO3. The van der Waals surface area contributed by atoms with E-state index in [0.717, 1.165) is 24.0 Å². The molecule has 2 aromatic carbocycles. The van der Waals surface area contributed by atoms with Crippen LogP contribution in [-0.2, 0) is 11.3 Å². The summed E-state index contributed by atoms with van der Waals surface area (Å²) in [5.41, 5.74) is 2.37. The van der Waals surface area contributed by atoms with Crippen LogP contribution in [0, 0.1) is 0 Å². The molecule has 0 aliphatic carbocycles. The Morgan fingerprint density at radius 1 is 1.10 bits per heavy atom. The molecule has 2 bridgehead atoms. The first-order valence-corrected chi connectivity index (χ1v) is 9.98. The van der Waals surface area contributed by atoms with Crippen molar-refractivity contribution < 1.29 is 31.8 Å². The number of carbonyl (C=O) groups is 1. The summed E-state index contributed by atoms with van der Waals surface area (Å²) >= 11 is 0. The molecule has 1 saturated heterocycles. The lowest BCUT2D eigenvalue weighted by atomic mass is 9.95. The maximum Gasteiger partial charge on any atom is 0.461 e. The Morgan fingerprint density at radius 2 is 1.87 bits per heavy atom. The molecular weight excluding hydrogens is 414 g/mol. The van der Waals surface area contributed by atoms with Crippen LogP contribution in [0.5, 0.6) is 5.75 Å². The van der Waals surface area contributed by atoms with E-state index in [1.165, 1.54) is 18.2 Å². The van der Waals surface area contributed by atoms with E-state index in [0.29, 0.717) is 12.0 Å². The highest BCUT2D eigenvalue weighted by Crippen LogP contribution is 2.40. The van der Waals surface area contributed by atoms with Gasteiger partial charge in [-0.05, 0) is 48.1 Å². The van der Waals surface area contributed by atoms with Crippen LogP contribution in [0.3, 0.4) is 0 Å². The lowest BCUT2D eigenvalue weighted by Crippen LogP contribution is -2.43. The average molecular weight is 435 g/mol. The number of benzene rings is 2. The molecule has 2 aliphatic heterocycles. The van der Waals surface area contributed by atoms with E-state index in [4.69, 9.17) is 4.74 Å². The lowest BCUT2D eigenvalue weighted by Gasteiger charge is -2.33. The lowest BCUT2D eigenvalue weighted by molar-refractivity contribution is -0.253. The Labute approximate surface area is 177 Å². The third-order valence-electron chi connectivity index (χ3n) is 5.52. The van der Waals surface area contributed by atoms with Gasteiger partial charge in [0.05, 0.1) is 6.04 Å². The zero-order valence-corrected chi connectivity index (χ0v) is 16.5. The number of alkyl halides is 4. The highest BCUT2D eigenvalue weighted by Gasteiger charge is 2.44. The van der Waals surface area contributed by atoms with E-state index >= 15 is 0 Å². The average Bonchev–Trinajstić information content (AvgIpc) is 3.02. The van der Waals surface area contributed by atoms with Crippen molar-refractivity contribution in [1.29, 1.82) is 0 Å². The Balaban J connectivity index is 1.46. The third kappa shape index (κ3) is 4.68. The van der Waals surface area contributed by atoms with Crippen LogP contribution >= 0.6 is 0 Å². The van der Waals surface area contributed by atoms with Crippen LogP contribution in [0.15, 0.2) is 60.7 Å². The predicted molar refractivity (Wildman–Crippen MR) is 106 cm³/mol. The topological polar surface area (TPSA) is 38.8 Å². The largest absolute Gasteiger partial charge is 0.461 e. The summed E-state index contributed by atoms with van der Waals surface area (Å²) in [6, 6.07) is 14.9. The van der Waals surface area contributed by atoms with E-state index in [2.05, 4.69) is 4.74 Å². The summed E-state index contributed by atoms with van der Waals surface area (Å²) in [7, 11) is 0. The number of halogens is 4. The fourth-order valence-electron chi connectivity index (χ4n) is 4.08. The SMILES string of the molecule is O=C(OCc1ccccc1)N1C2C=C(c3cccc(OC(F)(F)C(F)F)c3)CC1CC2. The molecule has 1 amide bonds. The Bertz CT molecular complexity index is 964. The molecule has 0 radical (unpaired) electrons. The molecule has 0 N–H and O–H groups in total. The van der Waals surface area contributed by atoms with Gasteiger partial charge in [-0.2, -0.15) is 17.6 Å². The summed E-state index contributed by atoms with van der Waals surface area (Å²) in [5.74, 6) is -0.333. The second-order valence-corrected chi connectivity index (χ2v) is 7.63. The van der Waals surface area contributed by atoms with Gasteiger partial charge in [0.25, 0.3) is 0 Å². The second-order valence-electron chi connectivity index (χ2n) is 7.63. The zero-order chi connectivity index (χ0) is 22.0. The minimum Gasteiger partial charge on any atom is -0.445 e. The van der Waals surface area contributed by atoms with Crippen molar-refractivity contribution in [2.24, 2.45) is 0 Å². The van der Waals surface area contributed by atoms with E-state index < -0.39 is 12.5 Å². The molecule has 2 unspecified atom stereocenters. The first-order valence-electron chi connectivity index (χ1n) is 9.98. The minimum absolute atomic E-state index is 0.0691. The summed E-state index contributed by atoms with van der Waals surface area (Å²) in [5, 5.41) is 0. The number of hydrogen-bond donors (Lipinski definition) is 0. The molecule has 0 spiro atoms. The predicted octanol–water partition coefficient (Wildman–Crippen LogP) is 5.88. The van der Waals surface area contributed by atoms with E-state index in [-0.39, 0.29) is 30.5 Å². The fourth-order valence-corrected chi connectivity index (χ4v) is 4.08. The van der Waals surface area contributed by atoms with Crippen LogP contribution in [0.1, 0.15) is 30.4 Å². The van der Waals surface area contributed by atoms with Gasteiger partial charge >= 0.3 is 18.6 Å². The smallest absolute Gasteiger partial charge is 0.445 e. The maximum absolute atomic E-state index is 13.2. The molecule has 31 heavy (non-hydrogen) atoms. The molecule has 1 fully saturated rings. The van der Waals surface area contributed by atoms with Crippen molar-refractivity contribution in [3.63, 3.8) is 0 Å². The first kappa shape index (κ1) is 21.2. The molecule has 2 atom stereocenters. The molecule has 8 heteroatoms. The molecule has 0 saturated carbocycles. The number of carbonyl (C=O) groups excluding carboxylic acids is 1. The Kier molecular flexibility index (Phi) is 5.89. The van der Waals surface area contributed by atoms with E-state index in [1.807, 2.05) is 36.4 Å². The third-order valence-corrected chi connectivity index (χ3v) is 5.52. The monoisotopic (exact) mass is 435 g/mol. The number of fused-ring (bicyclic) bond motifs is 2. The Hall–Kier alpha value is -3.03. The van der Waals surface area contributed by atoms with Gasteiger partial charge in [0.1, 0.15) is 12.4 Å². The van der Waals surface area contributed by atoms with E-state index in [1.54, 1.807) is 11.0 Å². The number of rotatable bonds is 6. The van der Waals surface area contributed by atoms with Crippen molar-refractivity contribution in [3.05, 3.63) is 71.8 Å². The molecule has 2 aromatic rings. The van der Waals surface area contributed by atoms with Crippen molar-refractivity contribution in [2.75, 3.05) is 0 Å². The maximum atomic E-state index is 13.2. The van der Waals surface area contributed by atoms with Crippen LogP contribution in [0.2, 0.25) is 0 Å². The van der Waals surface area contributed by atoms with Gasteiger partial charge in [-0.1, -0.05) is 48.5 Å². The van der Waals surface area contributed by atoms with Crippen molar-refractivity contribution in [2.45, 2.75) is 50.5 Å². The minimum atomic E-state index is -4.56. The highest BCUT2D eigenvalue weighted by molar-refractivity contribution is 5.75. The molecule has 164 valence electrons. The quantitative estimate of drug-likeness (QED) is 0.532.